The minimum atomic E-state index is -0.643. The second-order valence-electron chi connectivity index (χ2n) is 8.31. The quantitative estimate of drug-likeness (QED) is 0.440. The zero-order valence-corrected chi connectivity index (χ0v) is 19.6. The summed E-state index contributed by atoms with van der Waals surface area (Å²) < 4.78 is 28.1. The lowest BCUT2D eigenvalue weighted by molar-refractivity contribution is -0.147. The molecule has 33 heavy (non-hydrogen) atoms. The summed E-state index contributed by atoms with van der Waals surface area (Å²) in [4.78, 5) is 36.4. The summed E-state index contributed by atoms with van der Waals surface area (Å²) in [5, 5.41) is 0. The van der Waals surface area contributed by atoms with Gasteiger partial charge in [0.2, 0.25) is 0 Å². The SMILES string of the molecule is COc1c([C@H](CC(C)C)OC(C)=O)ccc2c1C(=O)OCc1cc(C)cc(OC(C)=O)c1O2. The molecule has 0 saturated carbocycles. The van der Waals surface area contributed by atoms with Crippen molar-refractivity contribution in [3.8, 4) is 23.0 Å². The maximum absolute atomic E-state index is 13.0. The fourth-order valence-corrected chi connectivity index (χ4v) is 3.79. The van der Waals surface area contributed by atoms with Crippen molar-refractivity contribution in [1.82, 2.24) is 0 Å². The number of ether oxygens (including phenoxy) is 5. The molecule has 2 aromatic carbocycles. The van der Waals surface area contributed by atoms with Crippen molar-refractivity contribution >= 4 is 17.9 Å². The van der Waals surface area contributed by atoms with E-state index in [0.29, 0.717) is 17.5 Å². The van der Waals surface area contributed by atoms with Crippen molar-refractivity contribution in [3.63, 3.8) is 0 Å². The monoisotopic (exact) mass is 456 g/mol. The van der Waals surface area contributed by atoms with Crippen LogP contribution in [0.4, 0.5) is 0 Å². The second-order valence-corrected chi connectivity index (χ2v) is 8.31. The van der Waals surface area contributed by atoms with E-state index in [0.717, 1.165) is 5.56 Å². The molecule has 0 saturated heterocycles. The first-order valence-electron chi connectivity index (χ1n) is 10.7. The van der Waals surface area contributed by atoms with Gasteiger partial charge in [-0.2, -0.15) is 0 Å². The highest BCUT2D eigenvalue weighted by molar-refractivity contribution is 5.97. The Bertz CT molecular complexity index is 1090. The van der Waals surface area contributed by atoms with Gasteiger partial charge in [0.25, 0.3) is 0 Å². The minimum Gasteiger partial charge on any atom is -0.495 e. The average molecular weight is 456 g/mol. The highest BCUT2D eigenvalue weighted by Gasteiger charge is 2.31. The lowest BCUT2D eigenvalue weighted by Gasteiger charge is -2.25. The van der Waals surface area contributed by atoms with Crippen LogP contribution in [-0.4, -0.2) is 25.0 Å². The van der Waals surface area contributed by atoms with Crippen molar-refractivity contribution in [2.45, 2.75) is 53.8 Å². The molecule has 0 amide bonds. The van der Waals surface area contributed by atoms with Crippen molar-refractivity contribution in [3.05, 3.63) is 46.5 Å². The number of cyclic esters (lactones) is 1. The first-order chi connectivity index (χ1) is 15.6. The van der Waals surface area contributed by atoms with Gasteiger partial charge in [-0.25, -0.2) is 4.79 Å². The smallest absolute Gasteiger partial charge is 0.346 e. The largest absolute Gasteiger partial charge is 0.495 e. The molecule has 8 nitrogen and oxygen atoms in total. The molecular weight excluding hydrogens is 428 g/mol. The summed E-state index contributed by atoms with van der Waals surface area (Å²) in [6.45, 7) is 8.38. The number of benzene rings is 2. The van der Waals surface area contributed by atoms with Gasteiger partial charge in [-0.1, -0.05) is 13.8 Å². The van der Waals surface area contributed by atoms with Gasteiger partial charge in [0.1, 0.15) is 29.8 Å². The molecule has 0 fully saturated rings. The molecule has 0 radical (unpaired) electrons. The fraction of sp³-hybridized carbons (Fsp3) is 0.400. The summed E-state index contributed by atoms with van der Waals surface area (Å²) in [6, 6.07) is 6.76. The zero-order valence-electron chi connectivity index (χ0n) is 19.6. The van der Waals surface area contributed by atoms with Crippen LogP contribution in [0.3, 0.4) is 0 Å². The molecule has 1 aliphatic heterocycles. The third kappa shape index (κ3) is 5.45. The van der Waals surface area contributed by atoms with E-state index in [1.165, 1.54) is 21.0 Å². The van der Waals surface area contributed by atoms with E-state index >= 15 is 0 Å². The van der Waals surface area contributed by atoms with Gasteiger partial charge in [0.05, 0.1) is 7.11 Å². The van der Waals surface area contributed by atoms with Crippen molar-refractivity contribution in [2.24, 2.45) is 5.92 Å². The molecule has 176 valence electrons. The topological polar surface area (TPSA) is 97.4 Å². The van der Waals surface area contributed by atoms with Crippen molar-refractivity contribution in [2.75, 3.05) is 7.11 Å². The number of carbonyl (C=O) groups is 3. The fourth-order valence-electron chi connectivity index (χ4n) is 3.79. The summed E-state index contributed by atoms with van der Waals surface area (Å²) in [5.41, 5.74) is 1.98. The van der Waals surface area contributed by atoms with E-state index in [-0.39, 0.29) is 41.1 Å². The number of fused-ring (bicyclic) bond motifs is 2. The molecule has 1 aliphatic rings. The molecular formula is C25H28O8. The highest BCUT2D eigenvalue weighted by Crippen LogP contribution is 2.45. The van der Waals surface area contributed by atoms with Crippen LogP contribution in [0, 0.1) is 12.8 Å². The highest BCUT2D eigenvalue weighted by atomic mass is 16.6. The van der Waals surface area contributed by atoms with Crippen LogP contribution in [0.1, 0.15) is 67.3 Å². The van der Waals surface area contributed by atoms with E-state index in [2.05, 4.69) is 0 Å². The summed E-state index contributed by atoms with van der Waals surface area (Å²) in [7, 11) is 1.42. The first kappa shape index (κ1) is 24.1. The first-order valence-corrected chi connectivity index (χ1v) is 10.7. The maximum atomic E-state index is 13.0. The standard InChI is InChI=1S/C25H28O8/c1-13(2)9-20(31-15(4)26)18-7-8-19-22(24(18)29-6)25(28)30-12-17-10-14(3)11-21(23(17)33-19)32-16(5)27/h7-8,10-11,13,20H,9,12H2,1-6H3/t20-/m0/s1. The molecule has 0 bridgehead atoms. The van der Waals surface area contributed by atoms with E-state index in [4.69, 9.17) is 23.7 Å². The number of esters is 3. The Kier molecular flexibility index (Phi) is 7.26. The Labute approximate surface area is 192 Å². The maximum Gasteiger partial charge on any atom is 0.346 e. The number of rotatable bonds is 6. The number of carbonyl (C=O) groups excluding carboxylic acids is 3. The molecule has 0 spiro atoms. The van der Waals surface area contributed by atoms with Crippen LogP contribution in [0.25, 0.3) is 0 Å². The van der Waals surface area contributed by atoms with Crippen LogP contribution in [0.2, 0.25) is 0 Å². The Morgan fingerprint density at radius 2 is 1.85 bits per heavy atom. The Hall–Kier alpha value is -3.55. The van der Waals surface area contributed by atoms with Crippen LogP contribution in [-0.2, 0) is 25.7 Å². The Morgan fingerprint density at radius 1 is 1.12 bits per heavy atom. The van der Waals surface area contributed by atoms with E-state index in [1.54, 1.807) is 24.3 Å². The number of aryl methyl sites for hydroxylation is 1. The van der Waals surface area contributed by atoms with Gasteiger partial charge in [0, 0.05) is 25.0 Å². The number of hydrogen-bond acceptors (Lipinski definition) is 8. The van der Waals surface area contributed by atoms with Gasteiger partial charge in [-0.15, -0.1) is 0 Å². The minimum absolute atomic E-state index is 0.0657. The van der Waals surface area contributed by atoms with Crippen molar-refractivity contribution in [1.29, 1.82) is 0 Å². The lowest BCUT2D eigenvalue weighted by atomic mass is 9.96. The van der Waals surface area contributed by atoms with E-state index < -0.39 is 24.0 Å². The second kappa shape index (κ2) is 9.94. The average Bonchev–Trinajstić information content (AvgIpc) is 2.70. The van der Waals surface area contributed by atoms with Gasteiger partial charge in [0.15, 0.2) is 11.5 Å². The van der Waals surface area contributed by atoms with Crippen LogP contribution >= 0.6 is 0 Å². The zero-order chi connectivity index (χ0) is 24.3. The predicted octanol–water partition coefficient (Wildman–Crippen LogP) is 5.04. The predicted molar refractivity (Wildman–Crippen MR) is 119 cm³/mol. The van der Waals surface area contributed by atoms with Gasteiger partial charge < -0.3 is 23.7 Å². The van der Waals surface area contributed by atoms with Gasteiger partial charge in [-0.05, 0) is 49.1 Å². The lowest BCUT2D eigenvalue weighted by Crippen LogP contribution is -2.17. The van der Waals surface area contributed by atoms with Gasteiger partial charge in [-0.3, -0.25) is 9.59 Å². The van der Waals surface area contributed by atoms with Crippen LogP contribution in [0.5, 0.6) is 23.0 Å². The molecule has 0 unspecified atom stereocenters. The van der Waals surface area contributed by atoms with Crippen LogP contribution in [0.15, 0.2) is 24.3 Å². The summed E-state index contributed by atoms with van der Waals surface area (Å²) >= 11 is 0. The molecule has 2 aromatic rings. The molecule has 1 heterocycles. The number of hydrogen-bond donors (Lipinski definition) is 0. The van der Waals surface area contributed by atoms with Crippen molar-refractivity contribution < 1.29 is 38.1 Å². The molecule has 8 heteroatoms. The molecule has 0 aliphatic carbocycles. The normalized spacial score (nSPS) is 13.5. The summed E-state index contributed by atoms with van der Waals surface area (Å²) in [6.07, 6.45) is -0.0869. The Balaban J connectivity index is 2.17. The van der Waals surface area contributed by atoms with E-state index in [9.17, 15) is 14.4 Å². The van der Waals surface area contributed by atoms with Gasteiger partial charge >= 0.3 is 17.9 Å². The molecule has 1 atom stereocenters. The Morgan fingerprint density at radius 3 is 2.45 bits per heavy atom. The van der Waals surface area contributed by atoms with E-state index in [1.807, 2.05) is 20.8 Å². The molecule has 3 rings (SSSR count). The third-order valence-corrected chi connectivity index (χ3v) is 5.00. The summed E-state index contributed by atoms with van der Waals surface area (Å²) in [5.74, 6) is -0.499. The van der Waals surface area contributed by atoms with Crippen LogP contribution < -0.4 is 14.2 Å². The molecule has 0 N–H and O–H groups in total. The number of methoxy groups -OCH3 is 1. The third-order valence-electron chi connectivity index (χ3n) is 5.00. The molecule has 0 aromatic heterocycles.